The molecule has 0 aliphatic heterocycles. The van der Waals surface area contributed by atoms with Gasteiger partial charge in [0.05, 0.1) is 26.9 Å². The fourth-order valence-electron chi connectivity index (χ4n) is 2.16. The first kappa shape index (κ1) is 14.9. The number of rotatable bonds is 5. The first-order valence-corrected chi connectivity index (χ1v) is 6.52. The minimum atomic E-state index is -0.0970. The Labute approximate surface area is 124 Å². The largest absolute Gasteiger partial charge is 0.497 e. The molecule has 0 aliphatic rings. The van der Waals surface area contributed by atoms with Gasteiger partial charge >= 0.3 is 0 Å². The quantitative estimate of drug-likeness (QED) is 0.791. The normalized spacial score (nSPS) is 10.1. The Morgan fingerprint density at radius 1 is 0.857 bits per heavy atom. The Morgan fingerprint density at radius 3 is 2.14 bits per heavy atom. The van der Waals surface area contributed by atoms with E-state index in [0.29, 0.717) is 22.6 Å². The Balaban J connectivity index is 2.42. The molecule has 2 aromatic rings. The summed E-state index contributed by atoms with van der Waals surface area (Å²) in [6.07, 6.45) is 0. The van der Waals surface area contributed by atoms with E-state index in [1.165, 1.54) is 7.11 Å². The molecule has 0 spiro atoms. The van der Waals surface area contributed by atoms with Crippen molar-refractivity contribution in [2.45, 2.75) is 6.92 Å². The molecule has 2 rings (SSSR count). The van der Waals surface area contributed by atoms with E-state index in [9.17, 15) is 4.79 Å². The van der Waals surface area contributed by atoms with Crippen LogP contribution in [0.1, 0.15) is 21.5 Å². The standard InChI is InChI=1S/C17H18O4/c1-11-9-12(5-8-15(11)20-3)17(18)14-7-6-13(19-2)10-16(14)21-4/h5-10H,1-4H3. The highest BCUT2D eigenvalue weighted by Crippen LogP contribution is 2.28. The van der Waals surface area contributed by atoms with Crippen molar-refractivity contribution in [3.05, 3.63) is 53.1 Å². The summed E-state index contributed by atoms with van der Waals surface area (Å²) in [4.78, 5) is 12.6. The van der Waals surface area contributed by atoms with Crippen LogP contribution < -0.4 is 14.2 Å². The molecule has 0 fully saturated rings. The topological polar surface area (TPSA) is 44.8 Å². The highest BCUT2D eigenvalue weighted by molar-refractivity contribution is 6.11. The monoisotopic (exact) mass is 286 g/mol. The van der Waals surface area contributed by atoms with Gasteiger partial charge in [-0.2, -0.15) is 0 Å². The lowest BCUT2D eigenvalue weighted by Gasteiger charge is -2.11. The van der Waals surface area contributed by atoms with E-state index in [-0.39, 0.29) is 5.78 Å². The number of hydrogen-bond acceptors (Lipinski definition) is 4. The van der Waals surface area contributed by atoms with Crippen LogP contribution in [0.5, 0.6) is 17.2 Å². The molecule has 0 unspecified atom stereocenters. The smallest absolute Gasteiger partial charge is 0.196 e. The molecule has 4 heteroatoms. The highest BCUT2D eigenvalue weighted by atomic mass is 16.5. The third-order valence-corrected chi connectivity index (χ3v) is 3.31. The zero-order chi connectivity index (χ0) is 15.4. The van der Waals surface area contributed by atoms with Gasteiger partial charge in [0.2, 0.25) is 0 Å². The third-order valence-electron chi connectivity index (χ3n) is 3.31. The van der Waals surface area contributed by atoms with Gasteiger partial charge in [-0.1, -0.05) is 0 Å². The number of carbonyl (C=O) groups is 1. The summed E-state index contributed by atoms with van der Waals surface area (Å²) >= 11 is 0. The van der Waals surface area contributed by atoms with Crippen molar-refractivity contribution in [2.24, 2.45) is 0 Å². The van der Waals surface area contributed by atoms with Gasteiger partial charge in [0, 0.05) is 11.6 Å². The van der Waals surface area contributed by atoms with Gasteiger partial charge in [-0.25, -0.2) is 0 Å². The van der Waals surface area contributed by atoms with Crippen LogP contribution in [0.2, 0.25) is 0 Å². The fourth-order valence-corrected chi connectivity index (χ4v) is 2.16. The minimum Gasteiger partial charge on any atom is -0.497 e. The molecule has 4 nitrogen and oxygen atoms in total. The Bertz CT molecular complexity index is 662. The number of ketones is 1. The molecule has 0 N–H and O–H groups in total. The second-order valence-corrected chi connectivity index (χ2v) is 4.58. The number of ether oxygens (including phenoxy) is 3. The van der Waals surface area contributed by atoms with Gasteiger partial charge in [0.15, 0.2) is 5.78 Å². The van der Waals surface area contributed by atoms with Crippen molar-refractivity contribution in [2.75, 3.05) is 21.3 Å². The van der Waals surface area contributed by atoms with Crippen molar-refractivity contribution < 1.29 is 19.0 Å². The summed E-state index contributed by atoms with van der Waals surface area (Å²) in [7, 11) is 4.71. The van der Waals surface area contributed by atoms with Gasteiger partial charge in [0.25, 0.3) is 0 Å². The Hall–Kier alpha value is -2.49. The van der Waals surface area contributed by atoms with E-state index in [1.807, 2.05) is 13.0 Å². The van der Waals surface area contributed by atoms with E-state index in [1.54, 1.807) is 44.6 Å². The van der Waals surface area contributed by atoms with Crippen LogP contribution in [0.25, 0.3) is 0 Å². The molecule has 0 saturated heterocycles. The average molecular weight is 286 g/mol. The van der Waals surface area contributed by atoms with Crippen LogP contribution >= 0.6 is 0 Å². The van der Waals surface area contributed by atoms with Gasteiger partial charge in [-0.15, -0.1) is 0 Å². The summed E-state index contributed by atoms with van der Waals surface area (Å²) in [5.74, 6) is 1.80. The molecular weight excluding hydrogens is 268 g/mol. The van der Waals surface area contributed by atoms with Crippen LogP contribution in [-0.2, 0) is 0 Å². The third kappa shape index (κ3) is 2.99. The van der Waals surface area contributed by atoms with Crippen LogP contribution in [0, 0.1) is 6.92 Å². The van der Waals surface area contributed by atoms with E-state index in [0.717, 1.165) is 11.3 Å². The molecule has 0 bridgehead atoms. The number of methoxy groups -OCH3 is 3. The zero-order valence-electron chi connectivity index (χ0n) is 12.6. The number of aryl methyl sites for hydroxylation is 1. The molecule has 21 heavy (non-hydrogen) atoms. The molecule has 0 radical (unpaired) electrons. The molecule has 0 aromatic heterocycles. The number of benzene rings is 2. The maximum absolute atomic E-state index is 12.6. The summed E-state index contributed by atoms with van der Waals surface area (Å²) in [5.41, 5.74) is 2.01. The van der Waals surface area contributed by atoms with Crippen LogP contribution in [0.4, 0.5) is 0 Å². The molecule has 110 valence electrons. The van der Waals surface area contributed by atoms with Gasteiger partial charge in [-0.05, 0) is 42.8 Å². The van der Waals surface area contributed by atoms with Crippen molar-refractivity contribution in [3.63, 3.8) is 0 Å². The van der Waals surface area contributed by atoms with Crippen molar-refractivity contribution in [3.8, 4) is 17.2 Å². The van der Waals surface area contributed by atoms with E-state index < -0.39 is 0 Å². The zero-order valence-corrected chi connectivity index (χ0v) is 12.6. The molecule has 2 aromatic carbocycles. The Morgan fingerprint density at radius 2 is 1.57 bits per heavy atom. The predicted molar refractivity (Wildman–Crippen MR) is 80.7 cm³/mol. The molecule has 0 saturated carbocycles. The summed E-state index contributed by atoms with van der Waals surface area (Å²) in [6.45, 7) is 1.90. The van der Waals surface area contributed by atoms with E-state index in [4.69, 9.17) is 14.2 Å². The van der Waals surface area contributed by atoms with Gasteiger partial charge in [-0.3, -0.25) is 4.79 Å². The molecular formula is C17H18O4. The minimum absolute atomic E-state index is 0.0970. The maximum atomic E-state index is 12.6. The lowest BCUT2D eigenvalue weighted by Crippen LogP contribution is -2.05. The second kappa shape index (κ2) is 6.31. The van der Waals surface area contributed by atoms with Crippen molar-refractivity contribution in [1.82, 2.24) is 0 Å². The first-order valence-electron chi connectivity index (χ1n) is 6.52. The molecule has 0 aliphatic carbocycles. The Kier molecular flexibility index (Phi) is 4.48. The van der Waals surface area contributed by atoms with E-state index in [2.05, 4.69) is 0 Å². The van der Waals surface area contributed by atoms with Gasteiger partial charge in [0.1, 0.15) is 17.2 Å². The first-order chi connectivity index (χ1) is 10.1. The maximum Gasteiger partial charge on any atom is 0.196 e. The van der Waals surface area contributed by atoms with Crippen LogP contribution in [0.3, 0.4) is 0 Å². The van der Waals surface area contributed by atoms with Gasteiger partial charge < -0.3 is 14.2 Å². The SMILES string of the molecule is COc1ccc(C(=O)c2ccc(OC)c(C)c2)c(OC)c1. The lowest BCUT2D eigenvalue weighted by atomic mass is 10.0. The highest BCUT2D eigenvalue weighted by Gasteiger charge is 2.16. The lowest BCUT2D eigenvalue weighted by molar-refractivity contribution is 0.103. The van der Waals surface area contributed by atoms with Crippen molar-refractivity contribution >= 4 is 5.78 Å². The molecule has 0 heterocycles. The summed E-state index contributed by atoms with van der Waals surface area (Å²) in [6, 6.07) is 10.5. The predicted octanol–water partition coefficient (Wildman–Crippen LogP) is 3.25. The number of carbonyl (C=O) groups excluding carboxylic acids is 1. The average Bonchev–Trinajstić information content (AvgIpc) is 2.53. The van der Waals surface area contributed by atoms with Crippen LogP contribution in [0.15, 0.2) is 36.4 Å². The van der Waals surface area contributed by atoms with E-state index >= 15 is 0 Å². The van der Waals surface area contributed by atoms with Crippen LogP contribution in [-0.4, -0.2) is 27.1 Å². The fraction of sp³-hybridized carbons (Fsp3) is 0.235. The van der Waals surface area contributed by atoms with Crippen molar-refractivity contribution in [1.29, 1.82) is 0 Å². The second-order valence-electron chi connectivity index (χ2n) is 4.58. The summed E-state index contributed by atoms with van der Waals surface area (Å²) in [5, 5.41) is 0. The molecule has 0 amide bonds. The number of hydrogen-bond donors (Lipinski definition) is 0. The summed E-state index contributed by atoms with van der Waals surface area (Å²) < 4.78 is 15.6. The molecule has 0 atom stereocenters.